The molecule has 0 unspecified atom stereocenters. The van der Waals surface area contributed by atoms with E-state index >= 15 is 0 Å². The number of ether oxygens (including phenoxy) is 3. The van der Waals surface area contributed by atoms with E-state index in [1.807, 2.05) is 26.8 Å². The van der Waals surface area contributed by atoms with Crippen molar-refractivity contribution in [1.82, 2.24) is 9.88 Å². The van der Waals surface area contributed by atoms with Gasteiger partial charge in [-0.3, -0.25) is 9.69 Å². The van der Waals surface area contributed by atoms with Crippen LogP contribution in [0.15, 0.2) is 30.3 Å². The molecule has 0 saturated carbocycles. The molecule has 0 fully saturated rings. The molecule has 1 heterocycles. The molecule has 10 heteroatoms. The first kappa shape index (κ1) is 29.6. The van der Waals surface area contributed by atoms with Crippen molar-refractivity contribution in [3.63, 3.8) is 0 Å². The van der Waals surface area contributed by atoms with E-state index in [4.69, 9.17) is 14.2 Å². The van der Waals surface area contributed by atoms with Crippen LogP contribution in [0.1, 0.15) is 45.0 Å². The number of carbonyl (C=O) groups is 1. The van der Waals surface area contributed by atoms with E-state index in [2.05, 4.69) is 23.7 Å². The average molecular weight is 540 g/mol. The van der Waals surface area contributed by atoms with Crippen molar-refractivity contribution >= 4 is 45.0 Å². The molecular formula is C26H35ClFN3O4S. The van der Waals surface area contributed by atoms with E-state index < -0.39 is 5.82 Å². The van der Waals surface area contributed by atoms with E-state index in [9.17, 15) is 9.18 Å². The predicted molar refractivity (Wildman–Crippen MR) is 146 cm³/mol. The highest BCUT2D eigenvalue weighted by Crippen LogP contribution is 2.40. The number of likely N-dealkylation sites (N-methyl/N-ethyl adjacent to an activating group) is 1. The average Bonchev–Trinajstić information content (AvgIpc) is 3.29. The van der Waals surface area contributed by atoms with Crippen LogP contribution in [-0.2, 0) is 0 Å². The second-order valence-corrected chi connectivity index (χ2v) is 8.68. The summed E-state index contributed by atoms with van der Waals surface area (Å²) in [7, 11) is 0. The van der Waals surface area contributed by atoms with Crippen molar-refractivity contribution < 1.29 is 23.4 Å². The van der Waals surface area contributed by atoms with E-state index in [0.29, 0.717) is 65.6 Å². The normalized spacial score (nSPS) is 10.9. The van der Waals surface area contributed by atoms with Gasteiger partial charge in [-0.25, -0.2) is 9.37 Å². The second-order valence-electron chi connectivity index (χ2n) is 7.67. The highest BCUT2D eigenvalue weighted by atomic mass is 35.5. The zero-order valence-corrected chi connectivity index (χ0v) is 23.1. The summed E-state index contributed by atoms with van der Waals surface area (Å²) < 4.78 is 32.5. The third kappa shape index (κ3) is 6.78. The van der Waals surface area contributed by atoms with Gasteiger partial charge in [-0.15, -0.1) is 12.4 Å². The molecule has 0 aliphatic carbocycles. The first-order chi connectivity index (χ1) is 17.0. The van der Waals surface area contributed by atoms with E-state index in [1.54, 1.807) is 23.1 Å². The van der Waals surface area contributed by atoms with Crippen LogP contribution in [0, 0.1) is 5.82 Å². The molecule has 198 valence electrons. The van der Waals surface area contributed by atoms with Gasteiger partial charge in [0.15, 0.2) is 16.6 Å². The maximum absolute atomic E-state index is 14.4. The lowest BCUT2D eigenvalue weighted by Crippen LogP contribution is -2.39. The Balaban J connectivity index is 0.00000456. The van der Waals surface area contributed by atoms with Gasteiger partial charge in [0.25, 0.3) is 5.91 Å². The monoisotopic (exact) mass is 539 g/mol. The van der Waals surface area contributed by atoms with Gasteiger partial charge < -0.3 is 19.1 Å². The largest absolute Gasteiger partial charge is 0.490 e. The Hall–Kier alpha value is -2.62. The van der Waals surface area contributed by atoms with Crippen LogP contribution in [0.25, 0.3) is 10.2 Å². The van der Waals surface area contributed by atoms with Gasteiger partial charge in [-0.2, -0.15) is 0 Å². The summed E-state index contributed by atoms with van der Waals surface area (Å²) in [5.74, 6) is 0.705. The van der Waals surface area contributed by atoms with Gasteiger partial charge >= 0.3 is 0 Å². The zero-order valence-electron chi connectivity index (χ0n) is 21.5. The molecule has 3 rings (SSSR count). The lowest BCUT2D eigenvalue weighted by atomic mass is 10.1. The Labute approximate surface area is 222 Å². The van der Waals surface area contributed by atoms with Crippen molar-refractivity contribution in [2.45, 2.75) is 34.6 Å². The van der Waals surface area contributed by atoms with Crippen LogP contribution in [-0.4, -0.2) is 61.8 Å². The fourth-order valence-electron chi connectivity index (χ4n) is 3.75. The Kier molecular flexibility index (Phi) is 11.7. The quantitative estimate of drug-likeness (QED) is 0.264. The summed E-state index contributed by atoms with van der Waals surface area (Å²) in [5, 5.41) is 0.451. The van der Waals surface area contributed by atoms with Crippen LogP contribution >= 0.6 is 23.7 Å². The number of nitrogens with zero attached hydrogens (tertiary/aromatic N) is 3. The first-order valence-electron chi connectivity index (χ1n) is 12.1. The Morgan fingerprint density at radius 3 is 2.08 bits per heavy atom. The van der Waals surface area contributed by atoms with Gasteiger partial charge in [0, 0.05) is 18.7 Å². The number of carbonyl (C=O) groups excluding carboxylic acids is 1. The molecule has 0 bridgehead atoms. The standard InChI is InChI=1S/C26H34FN3O4S.ClH/c1-6-29(7-2)14-15-30(26-28-23-19(27)12-11-13-22(23)35-26)25(31)18-16-20(32-8-3)24(34-10-5)21(17-18)33-9-4;/h11-13,16-17H,6-10,14-15H2,1-5H3;1H. The van der Waals surface area contributed by atoms with Crippen molar-refractivity contribution in [3.05, 3.63) is 41.7 Å². The number of amides is 1. The topological polar surface area (TPSA) is 64.1 Å². The number of anilines is 1. The van der Waals surface area contributed by atoms with E-state index in [1.165, 1.54) is 17.4 Å². The number of benzene rings is 2. The number of rotatable bonds is 13. The van der Waals surface area contributed by atoms with Gasteiger partial charge in [0.05, 0.1) is 24.5 Å². The van der Waals surface area contributed by atoms with Crippen LogP contribution in [0.3, 0.4) is 0 Å². The van der Waals surface area contributed by atoms with Crippen molar-refractivity contribution in [1.29, 1.82) is 0 Å². The Morgan fingerprint density at radius 1 is 0.944 bits per heavy atom. The third-order valence-corrected chi connectivity index (χ3v) is 6.57. The molecule has 0 radical (unpaired) electrons. The Bertz CT molecular complexity index is 1110. The summed E-state index contributed by atoms with van der Waals surface area (Å²) in [6.07, 6.45) is 0. The highest BCUT2D eigenvalue weighted by Gasteiger charge is 2.26. The summed E-state index contributed by atoms with van der Waals surface area (Å²) >= 11 is 1.30. The highest BCUT2D eigenvalue weighted by molar-refractivity contribution is 7.22. The minimum absolute atomic E-state index is 0. The van der Waals surface area contributed by atoms with E-state index in [0.717, 1.165) is 13.1 Å². The number of aromatic nitrogens is 1. The minimum Gasteiger partial charge on any atom is -0.490 e. The van der Waals surface area contributed by atoms with Crippen LogP contribution in [0.5, 0.6) is 17.2 Å². The molecule has 0 N–H and O–H groups in total. The number of fused-ring (bicyclic) bond motifs is 1. The number of hydrogen-bond donors (Lipinski definition) is 0. The number of halogens is 2. The summed E-state index contributed by atoms with van der Waals surface area (Å²) in [5.41, 5.74) is 0.657. The Morgan fingerprint density at radius 2 is 1.56 bits per heavy atom. The van der Waals surface area contributed by atoms with Crippen LogP contribution < -0.4 is 19.1 Å². The van der Waals surface area contributed by atoms with E-state index in [-0.39, 0.29) is 23.8 Å². The van der Waals surface area contributed by atoms with Gasteiger partial charge in [-0.1, -0.05) is 31.3 Å². The van der Waals surface area contributed by atoms with Crippen molar-refractivity contribution in [2.24, 2.45) is 0 Å². The summed E-state index contributed by atoms with van der Waals surface area (Å²) in [6, 6.07) is 8.19. The zero-order chi connectivity index (χ0) is 25.4. The molecular weight excluding hydrogens is 505 g/mol. The second kappa shape index (κ2) is 14.2. The molecule has 36 heavy (non-hydrogen) atoms. The van der Waals surface area contributed by atoms with Gasteiger partial charge in [0.1, 0.15) is 11.3 Å². The fraction of sp³-hybridized carbons (Fsp3) is 0.462. The molecule has 3 aromatic rings. The number of para-hydroxylation sites is 1. The lowest BCUT2D eigenvalue weighted by Gasteiger charge is -2.25. The maximum Gasteiger partial charge on any atom is 0.260 e. The summed E-state index contributed by atoms with van der Waals surface area (Å²) in [4.78, 5) is 22.2. The number of hydrogen-bond acceptors (Lipinski definition) is 7. The molecule has 0 saturated heterocycles. The number of thiazole rings is 1. The molecule has 0 atom stereocenters. The van der Waals surface area contributed by atoms with Gasteiger partial charge in [0.2, 0.25) is 5.75 Å². The first-order valence-corrected chi connectivity index (χ1v) is 12.9. The molecule has 0 aliphatic rings. The van der Waals surface area contributed by atoms with Crippen LogP contribution in [0.2, 0.25) is 0 Å². The molecule has 1 amide bonds. The maximum atomic E-state index is 14.4. The molecule has 0 aliphatic heterocycles. The third-order valence-electron chi connectivity index (χ3n) is 5.52. The smallest absolute Gasteiger partial charge is 0.260 e. The van der Waals surface area contributed by atoms with Gasteiger partial charge in [-0.05, 0) is 58.1 Å². The van der Waals surface area contributed by atoms with Crippen molar-refractivity contribution in [3.8, 4) is 17.2 Å². The van der Waals surface area contributed by atoms with Crippen LogP contribution in [0.4, 0.5) is 9.52 Å². The molecule has 7 nitrogen and oxygen atoms in total. The molecule has 2 aromatic carbocycles. The molecule has 0 spiro atoms. The predicted octanol–water partition coefficient (Wildman–Crippen LogP) is 6.04. The summed E-state index contributed by atoms with van der Waals surface area (Å²) in [6.45, 7) is 13.8. The van der Waals surface area contributed by atoms with Crippen molar-refractivity contribution in [2.75, 3.05) is 50.9 Å². The SMILES string of the molecule is CCOc1cc(C(=O)N(CCN(CC)CC)c2nc3c(F)cccc3s2)cc(OCC)c1OCC.Cl. The minimum atomic E-state index is -0.403. The lowest BCUT2D eigenvalue weighted by molar-refractivity contribution is 0.0982. The molecule has 1 aromatic heterocycles. The fourth-order valence-corrected chi connectivity index (χ4v) is 4.76.